The van der Waals surface area contributed by atoms with Gasteiger partial charge in [-0.2, -0.15) is 0 Å². The van der Waals surface area contributed by atoms with Crippen LogP contribution in [-0.2, 0) is 0 Å². The first-order chi connectivity index (χ1) is 7.66. The minimum atomic E-state index is 0.641. The van der Waals surface area contributed by atoms with Crippen LogP contribution in [0.4, 0.5) is 17.2 Å². The Labute approximate surface area is 103 Å². The molecule has 3 N–H and O–H groups in total. The van der Waals surface area contributed by atoms with E-state index in [1.807, 2.05) is 37.3 Å². The molecule has 0 aliphatic heterocycles. The van der Waals surface area contributed by atoms with Crippen molar-refractivity contribution in [3.8, 4) is 0 Å². The lowest BCUT2D eigenvalue weighted by molar-refractivity contribution is 1.30. The van der Waals surface area contributed by atoms with E-state index in [0.717, 1.165) is 15.7 Å². The number of aromatic nitrogens is 1. The van der Waals surface area contributed by atoms with E-state index in [1.54, 1.807) is 6.20 Å². The summed E-state index contributed by atoms with van der Waals surface area (Å²) in [6, 6.07) is 9.67. The van der Waals surface area contributed by atoms with E-state index in [9.17, 15) is 0 Å². The van der Waals surface area contributed by atoms with Crippen LogP contribution in [0.5, 0.6) is 0 Å². The van der Waals surface area contributed by atoms with Gasteiger partial charge >= 0.3 is 0 Å². The second-order valence-electron chi connectivity index (χ2n) is 3.53. The maximum Gasteiger partial charge on any atom is 0.153 e. The molecule has 2 aromatic rings. The minimum Gasteiger partial charge on any atom is -0.396 e. The SMILES string of the molecule is Cc1ccc(Br)cc1Nc1ncccc1N. The second kappa shape index (κ2) is 4.53. The summed E-state index contributed by atoms with van der Waals surface area (Å²) in [7, 11) is 0. The highest BCUT2D eigenvalue weighted by Gasteiger charge is 2.03. The van der Waals surface area contributed by atoms with Crippen LogP contribution >= 0.6 is 15.9 Å². The number of nitrogens with one attached hydrogen (secondary N) is 1. The van der Waals surface area contributed by atoms with Gasteiger partial charge in [0.2, 0.25) is 0 Å². The quantitative estimate of drug-likeness (QED) is 0.884. The normalized spacial score (nSPS) is 10.1. The lowest BCUT2D eigenvalue weighted by Crippen LogP contribution is -1.99. The van der Waals surface area contributed by atoms with E-state index in [4.69, 9.17) is 5.73 Å². The Morgan fingerprint density at radius 3 is 2.88 bits per heavy atom. The van der Waals surface area contributed by atoms with Gasteiger partial charge in [-0.05, 0) is 36.8 Å². The van der Waals surface area contributed by atoms with Gasteiger partial charge in [0.05, 0.1) is 5.69 Å². The van der Waals surface area contributed by atoms with Gasteiger partial charge in [0.15, 0.2) is 5.82 Å². The van der Waals surface area contributed by atoms with Crippen LogP contribution in [0.25, 0.3) is 0 Å². The molecule has 2 rings (SSSR count). The molecular weight excluding hydrogens is 266 g/mol. The predicted molar refractivity (Wildman–Crippen MR) is 70.8 cm³/mol. The highest BCUT2D eigenvalue weighted by Crippen LogP contribution is 2.25. The van der Waals surface area contributed by atoms with Crippen molar-refractivity contribution in [2.24, 2.45) is 0 Å². The van der Waals surface area contributed by atoms with Crippen molar-refractivity contribution in [1.82, 2.24) is 4.98 Å². The maximum atomic E-state index is 5.82. The Kier molecular flexibility index (Phi) is 3.10. The number of hydrogen-bond acceptors (Lipinski definition) is 3. The molecule has 0 saturated carbocycles. The average molecular weight is 278 g/mol. The molecule has 0 unspecified atom stereocenters. The Morgan fingerprint density at radius 2 is 2.12 bits per heavy atom. The molecule has 0 radical (unpaired) electrons. The van der Waals surface area contributed by atoms with Crippen LogP contribution in [0.1, 0.15) is 5.56 Å². The Bertz CT molecular complexity index is 511. The summed E-state index contributed by atoms with van der Waals surface area (Å²) in [6.07, 6.45) is 1.71. The average Bonchev–Trinajstić information content (AvgIpc) is 2.27. The Morgan fingerprint density at radius 1 is 1.31 bits per heavy atom. The molecule has 0 spiro atoms. The van der Waals surface area contributed by atoms with Gasteiger partial charge < -0.3 is 11.1 Å². The first kappa shape index (κ1) is 11.0. The smallest absolute Gasteiger partial charge is 0.153 e. The number of anilines is 3. The number of nitrogens with zero attached hydrogens (tertiary/aromatic N) is 1. The largest absolute Gasteiger partial charge is 0.396 e. The number of nitrogen functional groups attached to an aromatic ring is 1. The summed E-state index contributed by atoms with van der Waals surface area (Å²) >= 11 is 3.44. The van der Waals surface area contributed by atoms with Crippen molar-refractivity contribution in [3.05, 3.63) is 46.6 Å². The molecule has 0 atom stereocenters. The number of nitrogens with two attached hydrogens (primary N) is 1. The lowest BCUT2D eigenvalue weighted by Gasteiger charge is -2.10. The fourth-order valence-electron chi connectivity index (χ4n) is 1.38. The Balaban J connectivity index is 2.34. The van der Waals surface area contributed by atoms with Gasteiger partial charge in [0, 0.05) is 16.4 Å². The van der Waals surface area contributed by atoms with Crippen LogP contribution in [0.2, 0.25) is 0 Å². The molecule has 82 valence electrons. The van der Waals surface area contributed by atoms with E-state index < -0.39 is 0 Å². The summed E-state index contributed by atoms with van der Waals surface area (Å²) < 4.78 is 1.02. The minimum absolute atomic E-state index is 0.641. The van der Waals surface area contributed by atoms with Crippen LogP contribution in [0.3, 0.4) is 0 Å². The number of aryl methyl sites for hydroxylation is 1. The van der Waals surface area contributed by atoms with E-state index in [1.165, 1.54) is 0 Å². The molecule has 0 fully saturated rings. The van der Waals surface area contributed by atoms with Gasteiger partial charge in [-0.3, -0.25) is 0 Å². The highest BCUT2D eigenvalue weighted by atomic mass is 79.9. The van der Waals surface area contributed by atoms with Crippen molar-refractivity contribution in [1.29, 1.82) is 0 Å². The van der Waals surface area contributed by atoms with E-state index in [-0.39, 0.29) is 0 Å². The highest BCUT2D eigenvalue weighted by molar-refractivity contribution is 9.10. The van der Waals surface area contributed by atoms with Crippen molar-refractivity contribution >= 4 is 33.1 Å². The molecule has 16 heavy (non-hydrogen) atoms. The molecular formula is C12H12BrN3. The first-order valence-electron chi connectivity index (χ1n) is 4.90. The molecule has 0 aliphatic carbocycles. The summed E-state index contributed by atoms with van der Waals surface area (Å²) in [5, 5.41) is 3.22. The van der Waals surface area contributed by atoms with Crippen LogP contribution < -0.4 is 11.1 Å². The fourth-order valence-corrected chi connectivity index (χ4v) is 1.74. The zero-order chi connectivity index (χ0) is 11.5. The van der Waals surface area contributed by atoms with E-state index >= 15 is 0 Å². The molecule has 1 aromatic carbocycles. The van der Waals surface area contributed by atoms with Gasteiger partial charge in [-0.15, -0.1) is 0 Å². The number of pyridine rings is 1. The predicted octanol–water partition coefficient (Wildman–Crippen LogP) is 3.48. The van der Waals surface area contributed by atoms with Gasteiger partial charge in [0.25, 0.3) is 0 Å². The molecule has 1 heterocycles. The summed E-state index contributed by atoms with van der Waals surface area (Å²) in [6.45, 7) is 2.04. The van der Waals surface area contributed by atoms with Crippen LogP contribution in [0.15, 0.2) is 41.0 Å². The monoisotopic (exact) mass is 277 g/mol. The van der Waals surface area contributed by atoms with Crippen molar-refractivity contribution in [2.75, 3.05) is 11.1 Å². The first-order valence-corrected chi connectivity index (χ1v) is 5.70. The molecule has 1 aromatic heterocycles. The standard InChI is InChI=1S/C12H12BrN3/c1-8-4-5-9(13)7-11(8)16-12-10(14)3-2-6-15-12/h2-7H,14H2,1H3,(H,15,16). The van der Waals surface area contributed by atoms with Crippen LogP contribution in [0, 0.1) is 6.92 Å². The Hall–Kier alpha value is -1.55. The summed E-state index contributed by atoms with van der Waals surface area (Å²) in [5.74, 6) is 0.684. The maximum absolute atomic E-state index is 5.82. The fraction of sp³-hybridized carbons (Fsp3) is 0.0833. The van der Waals surface area contributed by atoms with Crippen LogP contribution in [-0.4, -0.2) is 4.98 Å². The third-order valence-corrected chi connectivity index (χ3v) is 2.78. The van der Waals surface area contributed by atoms with E-state index in [0.29, 0.717) is 11.5 Å². The number of benzene rings is 1. The van der Waals surface area contributed by atoms with E-state index in [2.05, 4.69) is 26.2 Å². The summed E-state index contributed by atoms with van der Waals surface area (Å²) in [4.78, 5) is 4.19. The molecule has 4 heteroatoms. The van der Waals surface area contributed by atoms with Gasteiger partial charge in [0.1, 0.15) is 0 Å². The third-order valence-electron chi connectivity index (χ3n) is 2.29. The van der Waals surface area contributed by atoms with Gasteiger partial charge in [-0.25, -0.2) is 4.98 Å². The molecule has 0 saturated heterocycles. The van der Waals surface area contributed by atoms with Crippen molar-refractivity contribution in [3.63, 3.8) is 0 Å². The zero-order valence-electron chi connectivity index (χ0n) is 8.87. The number of rotatable bonds is 2. The third kappa shape index (κ3) is 2.33. The second-order valence-corrected chi connectivity index (χ2v) is 4.44. The molecule has 0 bridgehead atoms. The lowest BCUT2D eigenvalue weighted by atomic mass is 10.2. The van der Waals surface area contributed by atoms with Gasteiger partial charge in [-0.1, -0.05) is 22.0 Å². The molecule has 3 nitrogen and oxygen atoms in total. The number of hydrogen-bond donors (Lipinski definition) is 2. The zero-order valence-corrected chi connectivity index (χ0v) is 10.5. The molecule has 0 aliphatic rings. The molecule has 0 amide bonds. The summed E-state index contributed by atoms with van der Waals surface area (Å²) in [5.41, 5.74) is 8.61. The topological polar surface area (TPSA) is 50.9 Å². The number of halogens is 1. The van der Waals surface area contributed by atoms with Crippen molar-refractivity contribution < 1.29 is 0 Å². The van der Waals surface area contributed by atoms with Crippen molar-refractivity contribution in [2.45, 2.75) is 6.92 Å².